The lowest BCUT2D eigenvalue weighted by Gasteiger charge is -2.10. The molecule has 0 spiro atoms. The van der Waals surface area contributed by atoms with Gasteiger partial charge in [-0.15, -0.1) is 0 Å². The third-order valence-electron chi connectivity index (χ3n) is 3.82. The third kappa shape index (κ3) is 3.97. The van der Waals surface area contributed by atoms with Crippen LogP contribution in [0.2, 0.25) is 0 Å². The molecule has 0 aliphatic heterocycles. The van der Waals surface area contributed by atoms with E-state index in [1.807, 2.05) is 0 Å². The molecule has 0 saturated carbocycles. The number of amides is 1. The van der Waals surface area contributed by atoms with Crippen LogP contribution in [0.4, 0.5) is 17.6 Å². The molecule has 0 radical (unpaired) electrons. The van der Waals surface area contributed by atoms with Crippen molar-refractivity contribution in [3.05, 3.63) is 65.7 Å². The predicted octanol–water partition coefficient (Wildman–Crippen LogP) is 3.73. The SMILES string of the molecule is CC(=NNC(=O)Cn1c(C(F)(F)F)nc2ccccc21)c1ccccc1F. The molecule has 0 atom stereocenters. The Morgan fingerprint density at radius 2 is 1.81 bits per heavy atom. The highest BCUT2D eigenvalue weighted by Gasteiger charge is 2.37. The zero-order valence-electron chi connectivity index (χ0n) is 14.1. The molecule has 27 heavy (non-hydrogen) atoms. The second kappa shape index (κ2) is 7.18. The van der Waals surface area contributed by atoms with Gasteiger partial charge in [-0.2, -0.15) is 18.3 Å². The summed E-state index contributed by atoms with van der Waals surface area (Å²) in [5, 5.41) is 3.77. The number of nitrogens with zero attached hydrogens (tertiary/aromatic N) is 3. The number of halogens is 4. The van der Waals surface area contributed by atoms with E-state index in [1.54, 1.807) is 18.2 Å². The zero-order chi connectivity index (χ0) is 19.6. The van der Waals surface area contributed by atoms with Gasteiger partial charge in [-0.25, -0.2) is 14.8 Å². The van der Waals surface area contributed by atoms with Crippen LogP contribution in [0.3, 0.4) is 0 Å². The standard InChI is InChI=1S/C18H14F4N4O/c1-11(12-6-2-3-7-13(12)19)24-25-16(27)10-26-15-9-5-4-8-14(15)23-17(26)18(20,21)22/h2-9H,10H2,1H3,(H,25,27). The number of hydrogen-bond acceptors (Lipinski definition) is 3. The van der Waals surface area contributed by atoms with E-state index in [-0.39, 0.29) is 22.3 Å². The molecule has 0 aliphatic rings. The fourth-order valence-corrected chi connectivity index (χ4v) is 2.59. The number of carbonyl (C=O) groups is 1. The molecule has 3 aromatic rings. The molecule has 1 amide bonds. The number of benzene rings is 2. The van der Waals surface area contributed by atoms with E-state index in [0.717, 1.165) is 4.57 Å². The van der Waals surface area contributed by atoms with Crippen LogP contribution in [0, 0.1) is 5.82 Å². The first-order valence-corrected chi connectivity index (χ1v) is 7.88. The van der Waals surface area contributed by atoms with Crippen LogP contribution in [-0.2, 0) is 17.5 Å². The molecule has 5 nitrogen and oxygen atoms in total. The summed E-state index contributed by atoms with van der Waals surface area (Å²) in [6, 6.07) is 11.8. The quantitative estimate of drug-likeness (QED) is 0.427. The molecule has 0 bridgehead atoms. The Kier molecular flexibility index (Phi) is 4.93. The Morgan fingerprint density at radius 1 is 1.15 bits per heavy atom. The molecule has 1 heterocycles. The maximum absolute atomic E-state index is 13.7. The number of para-hydroxylation sites is 2. The summed E-state index contributed by atoms with van der Waals surface area (Å²) in [5.74, 6) is -2.49. The van der Waals surface area contributed by atoms with Crippen LogP contribution in [0.5, 0.6) is 0 Å². The van der Waals surface area contributed by atoms with Crippen molar-refractivity contribution in [1.29, 1.82) is 0 Å². The molecule has 1 aromatic heterocycles. The number of hydrazone groups is 1. The Bertz CT molecular complexity index is 1020. The first-order valence-electron chi connectivity index (χ1n) is 7.88. The molecule has 0 unspecified atom stereocenters. The Labute approximate surface area is 151 Å². The van der Waals surface area contributed by atoms with Gasteiger partial charge < -0.3 is 4.57 Å². The van der Waals surface area contributed by atoms with Crippen molar-refractivity contribution in [3.8, 4) is 0 Å². The van der Waals surface area contributed by atoms with Gasteiger partial charge in [0.25, 0.3) is 5.91 Å². The predicted molar refractivity (Wildman–Crippen MR) is 91.5 cm³/mol. The molecule has 0 saturated heterocycles. The second-order valence-corrected chi connectivity index (χ2v) is 5.72. The summed E-state index contributed by atoms with van der Waals surface area (Å²) >= 11 is 0. The van der Waals surface area contributed by atoms with Crippen molar-refractivity contribution in [2.45, 2.75) is 19.6 Å². The Hall–Kier alpha value is -3.23. The topological polar surface area (TPSA) is 59.3 Å². The number of imidazole rings is 1. The van der Waals surface area contributed by atoms with E-state index < -0.39 is 30.3 Å². The molecular weight excluding hydrogens is 364 g/mol. The van der Waals surface area contributed by atoms with Crippen LogP contribution in [0.1, 0.15) is 18.3 Å². The van der Waals surface area contributed by atoms with E-state index in [9.17, 15) is 22.4 Å². The van der Waals surface area contributed by atoms with Gasteiger partial charge in [0.1, 0.15) is 12.4 Å². The summed E-state index contributed by atoms with van der Waals surface area (Å²) in [6.45, 7) is 0.843. The minimum absolute atomic E-state index is 0.128. The molecular formula is C18H14F4N4O. The molecule has 0 fully saturated rings. The fraction of sp³-hybridized carbons (Fsp3) is 0.167. The summed E-state index contributed by atoms with van der Waals surface area (Å²) in [6.07, 6.45) is -4.72. The summed E-state index contributed by atoms with van der Waals surface area (Å²) in [7, 11) is 0. The molecule has 9 heteroatoms. The van der Waals surface area contributed by atoms with Crippen LogP contribution < -0.4 is 5.43 Å². The highest BCUT2D eigenvalue weighted by atomic mass is 19.4. The van der Waals surface area contributed by atoms with E-state index in [1.165, 1.54) is 37.3 Å². The van der Waals surface area contributed by atoms with Crippen molar-refractivity contribution in [2.75, 3.05) is 0 Å². The van der Waals surface area contributed by atoms with Gasteiger partial charge in [-0.05, 0) is 25.1 Å². The van der Waals surface area contributed by atoms with Crippen molar-refractivity contribution >= 4 is 22.7 Å². The minimum atomic E-state index is -4.72. The van der Waals surface area contributed by atoms with Crippen LogP contribution in [-0.4, -0.2) is 21.2 Å². The second-order valence-electron chi connectivity index (χ2n) is 5.72. The number of aromatic nitrogens is 2. The van der Waals surface area contributed by atoms with Crippen LogP contribution in [0.25, 0.3) is 11.0 Å². The lowest BCUT2D eigenvalue weighted by Crippen LogP contribution is -2.27. The summed E-state index contributed by atoms with van der Waals surface area (Å²) in [4.78, 5) is 15.7. The molecule has 1 N–H and O–H groups in total. The van der Waals surface area contributed by atoms with E-state index in [2.05, 4.69) is 15.5 Å². The lowest BCUT2D eigenvalue weighted by atomic mass is 10.1. The van der Waals surface area contributed by atoms with Gasteiger partial charge in [0.05, 0.1) is 16.7 Å². The van der Waals surface area contributed by atoms with Crippen LogP contribution >= 0.6 is 0 Å². The number of alkyl halides is 3. The average Bonchev–Trinajstić information content (AvgIpc) is 2.99. The van der Waals surface area contributed by atoms with E-state index >= 15 is 0 Å². The van der Waals surface area contributed by atoms with Crippen LogP contribution in [0.15, 0.2) is 53.6 Å². The number of nitrogens with one attached hydrogen (secondary N) is 1. The Morgan fingerprint density at radius 3 is 2.52 bits per heavy atom. The zero-order valence-corrected chi connectivity index (χ0v) is 14.1. The highest BCUT2D eigenvalue weighted by Crippen LogP contribution is 2.31. The fourth-order valence-electron chi connectivity index (χ4n) is 2.59. The first-order chi connectivity index (χ1) is 12.8. The van der Waals surface area contributed by atoms with Gasteiger partial charge in [0.2, 0.25) is 5.82 Å². The molecule has 2 aromatic carbocycles. The monoisotopic (exact) mass is 378 g/mol. The van der Waals surface area contributed by atoms with Crippen molar-refractivity contribution < 1.29 is 22.4 Å². The van der Waals surface area contributed by atoms with Gasteiger partial charge in [0, 0.05) is 5.56 Å². The maximum atomic E-state index is 13.7. The van der Waals surface area contributed by atoms with Gasteiger partial charge in [-0.3, -0.25) is 4.79 Å². The van der Waals surface area contributed by atoms with Gasteiger partial charge in [0.15, 0.2) is 0 Å². The number of hydrogen-bond donors (Lipinski definition) is 1. The smallest absolute Gasteiger partial charge is 0.311 e. The van der Waals surface area contributed by atoms with E-state index in [0.29, 0.717) is 0 Å². The molecule has 140 valence electrons. The number of carbonyl (C=O) groups excluding carboxylic acids is 1. The first kappa shape index (κ1) is 18.6. The van der Waals surface area contributed by atoms with Crippen molar-refractivity contribution in [1.82, 2.24) is 15.0 Å². The number of fused-ring (bicyclic) bond motifs is 1. The Balaban J connectivity index is 1.84. The molecule has 3 rings (SSSR count). The summed E-state index contributed by atoms with van der Waals surface area (Å²) < 4.78 is 54.2. The highest BCUT2D eigenvalue weighted by molar-refractivity contribution is 5.99. The van der Waals surface area contributed by atoms with Gasteiger partial charge >= 0.3 is 6.18 Å². The third-order valence-corrected chi connectivity index (χ3v) is 3.82. The molecule has 0 aliphatic carbocycles. The largest absolute Gasteiger partial charge is 0.449 e. The maximum Gasteiger partial charge on any atom is 0.449 e. The summed E-state index contributed by atoms with van der Waals surface area (Å²) in [5.41, 5.74) is 2.83. The normalized spacial score (nSPS) is 12.4. The number of rotatable bonds is 4. The van der Waals surface area contributed by atoms with Crippen molar-refractivity contribution in [2.24, 2.45) is 5.10 Å². The lowest BCUT2D eigenvalue weighted by molar-refractivity contribution is -0.147. The van der Waals surface area contributed by atoms with Crippen molar-refractivity contribution in [3.63, 3.8) is 0 Å². The average molecular weight is 378 g/mol. The van der Waals surface area contributed by atoms with E-state index in [4.69, 9.17) is 0 Å². The van der Waals surface area contributed by atoms with Gasteiger partial charge in [-0.1, -0.05) is 30.3 Å². The minimum Gasteiger partial charge on any atom is -0.311 e.